The molecule has 1 aliphatic carbocycles. The average Bonchev–Trinajstić information content (AvgIpc) is 2.08. The second-order valence-corrected chi connectivity index (χ2v) is 3.61. The van der Waals surface area contributed by atoms with E-state index < -0.39 is 0 Å². The molecule has 2 nitrogen and oxygen atoms in total. The van der Waals surface area contributed by atoms with Crippen LogP contribution in [-0.2, 0) is 9.59 Å². The van der Waals surface area contributed by atoms with Crippen LogP contribution in [0.1, 0.15) is 39.5 Å². The van der Waals surface area contributed by atoms with Crippen LogP contribution in [0.4, 0.5) is 0 Å². The molecular weight excluding hydrogens is 152 g/mol. The molecule has 0 amide bonds. The van der Waals surface area contributed by atoms with Crippen molar-refractivity contribution in [2.75, 3.05) is 0 Å². The number of rotatable bonds is 2. The van der Waals surface area contributed by atoms with E-state index in [2.05, 4.69) is 0 Å². The molecule has 0 aliphatic heterocycles. The predicted octanol–water partition coefficient (Wildman–Crippen LogP) is 1.97. The summed E-state index contributed by atoms with van der Waals surface area (Å²) in [5.41, 5.74) is 0. The monoisotopic (exact) mass is 168 g/mol. The van der Waals surface area contributed by atoms with Crippen molar-refractivity contribution >= 4 is 11.6 Å². The van der Waals surface area contributed by atoms with E-state index in [0.717, 1.165) is 19.3 Å². The molecule has 0 aromatic heterocycles. The molecule has 2 unspecified atom stereocenters. The Morgan fingerprint density at radius 3 is 2.75 bits per heavy atom. The van der Waals surface area contributed by atoms with Gasteiger partial charge >= 0.3 is 0 Å². The van der Waals surface area contributed by atoms with Gasteiger partial charge in [-0.15, -0.1) is 0 Å². The molecule has 0 spiro atoms. The van der Waals surface area contributed by atoms with Crippen molar-refractivity contribution in [3.05, 3.63) is 0 Å². The summed E-state index contributed by atoms with van der Waals surface area (Å²) >= 11 is 0. The molecule has 1 rings (SSSR count). The molecule has 0 saturated heterocycles. The number of carbonyl (C=O) groups is 2. The van der Waals surface area contributed by atoms with Crippen molar-refractivity contribution in [1.29, 1.82) is 0 Å². The Balaban J connectivity index is 2.64. The van der Waals surface area contributed by atoms with Gasteiger partial charge < -0.3 is 0 Å². The topological polar surface area (TPSA) is 34.1 Å². The maximum Gasteiger partial charge on any atom is 0.146 e. The van der Waals surface area contributed by atoms with Crippen LogP contribution in [0, 0.1) is 11.8 Å². The maximum atomic E-state index is 11.5. The molecule has 0 aromatic rings. The van der Waals surface area contributed by atoms with Crippen molar-refractivity contribution in [1.82, 2.24) is 0 Å². The molecule has 0 aromatic carbocycles. The van der Waals surface area contributed by atoms with Crippen LogP contribution in [0.25, 0.3) is 0 Å². The zero-order chi connectivity index (χ0) is 9.14. The third kappa shape index (κ3) is 1.74. The van der Waals surface area contributed by atoms with Crippen molar-refractivity contribution < 1.29 is 9.59 Å². The summed E-state index contributed by atoms with van der Waals surface area (Å²) in [4.78, 5) is 22.8. The molecule has 68 valence electrons. The normalized spacial score (nSPS) is 30.3. The van der Waals surface area contributed by atoms with Gasteiger partial charge in [0.25, 0.3) is 0 Å². The minimum absolute atomic E-state index is 0.110. The first kappa shape index (κ1) is 9.43. The van der Waals surface area contributed by atoms with Gasteiger partial charge in [0, 0.05) is 12.3 Å². The van der Waals surface area contributed by atoms with E-state index in [4.69, 9.17) is 0 Å². The van der Waals surface area contributed by atoms with E-state index in [-0.39, 0.29) is 23.4 Å². The molecule has 1 saturated carbocycles. The van der Waals surface area contributed by atoms with Crippen LogP contribution >= 0.6 is 0 Å². The first-order chi connectivity index (χ1) is 5.66. The summed E-state index contributed by atoms with van der Waals surface area (Å²) in [6.45, 7) is 3.76. The molecule has 0 N–H and O–H groups in total. The van der Waals surface area contributed by atoms with E-state index >= 15 is 0 Å². The Labute approximate surface area is 73.3 Å². The molecule has 12 heavy (non-hydrogen) atoms. The minimum atomic E-state index is -0.265. The molecule has 2 heteroatoms. The van der Waals surface area contributed by atoms with E-state index in [0.29, 0.717) is 6.42 Å². The van der Waals surface area contributed by atoms with E-state index in [1.807, 2.05) is 13.8 Å². The summed E-state index contributed by atoms with van der Waals surface area (Å²) in [5, 5.41) is 0. The molecule has 0 bridgehead atoms. The third-order valence-electron chi connectivity index (χ3n) is 2.70. The van der Waals surface area contributed by atoms with Crippen molar-refractivity contribution in [2.24, 2.45) is 11.8 Å². The number of carbonyl (C=O) groups excluding carboxylic acids is 2. The van der Waals surface area contributed by atoms with Crippen molar-refractivity contribution in [3.63, 3.8) is 0 Å². The van der Waals surface area contributed by atoms with Crippen molar-refractivity contribution in [2.45, 2.75) is 39.5 Å². The van der Waals surface area contributed by atoms with Crippen LogP contribution in [0.5, 0.6) is 0 Å². The van der Waals surface area contributed by atoms with Crippen molar-refractivity contribution in [3.8, 4) is 0 Å². The van der Waals surface area contributed by atoms with Gasteiger partial charge in [-0.1, -0.05) is 20.3 Å². The summed E-state index contributed by atoms with van der Waals surface area (Å²) < 4.78 is 0. The second kappa shape index (κ2) is 3.83. The molecule has 1 aliphatic rings. The number of hydrogen-bond acceptors (Lipinski definition) is 2. The van der Waals surface area contributed by atoms with Gasteiger partial charge in [0.2, 0.25) is 0 Å². The lowest BCUT2D eigenvalue weighted by atomic mass is 9.78. The Kier molecular flexibility index (Phi) is 3.01. The summed E-state index contributed by atoms with van der Waals surface area (Å²) in [7, 11) is 0. The largest absolute Gasteiger partial charge is 0.299 e. The van der Waals surface area contributed by atoms with Gasteiger partial charge in [-0.05, 0) is 12.8 Å². The van der Waals surface area contributed by atoms with Gasteiger partial charge in [-0.25, -0.2) is 0 Å². The average molecular weight is 168 g/mol. The lowest BCUT2D eigenvalue weighted by Crippen LogP contribution is -2.32. The highest BCUT2D eigenvalue weighted by atomic mass is 16.2. The second-order valence-electron chi connectivity index (χ2n) is 3.61. The van der Waals surface area contributed by atoms with Gasteiger partial charge in [0.1, 0.15) is 11.6 Å². The predicted molar refractivity (Wildman–Crippen MR) is 46.8 cm³/mol. The fourth-order valence-corrected chi connectivity index (χ4v) is 1.82. The van der Waals surface area contributed by atoms with E-state index in [1.165, 1.54) is 0 Å². The fraction of sp³-hybridized carbons (Fsp3) is 0.800. The molecule has 1 fully saturated rings. The zero-order valence-electron chi connectivity index (χ0n) is 7.80. The lowest BCUT2D eigenvalue weighted by molar-refractivity contribution is -0.136. The Bertz CT molecular complexity index is 196. The Hall–Kier alpha value is -0.660. The first-order valence-corrected chi connectivity index (χ1v) is 4.73. The third-order valence-corrected chi connectivity index (χ3v) is 2.70. The van der Waals surface area contributed by atoms with Gasteiger partial charge in [-0.3, -0.25) is 9.59 Å². The van der Waals surface area contributed by atoms with Gasteiger partial charge in [0.05, 0.1) is 5.92 Å². The summed E-state index contributed by atoms with van der Waals surface area (Å²) in [6.07, 6.45) is 3.29. The number of ketones is 2. The highest BCUT2D eigenvalue weighted by molar-refractivity contribution is 6.03. The molecule has 0 radical (unpaired) electrons. The molecule has 2 atom stereocenters. The molecule has 0 heterocycles. The quantitative estimate of drug-likeness (QED) is 0.591. The smallest absolute Gasteiger partial charge is 0.146 e. The van der Waals surface area contributed by atoms with Crippen LogP contribution in [0.2, 0.25) is 0 Å². The standard InChI is InChI=1S/C10H16O2/c1-3-9(11)8-6-4-5-7(2)10(8)12/h7-8H,3-6H2,1-2H3. The first-order valence-electron chi connectivity index (χ1n) is 4.73. The summed E-state index contributed by atoms with van der Waals surface area (Å²) in [5.74, 6) is 0.151. The Morgan fingerprint density at radius 2 is 2.17 bits per heavy atom. The number of Topliss-reactive ketones (excluding diaryl/α,β-unsaturated/α-hetero) is 2. The van der Waals surface area contributed by atoms with Gasteiger partial charge in [0.15, 0.2) is 0 Å². The minimum Gasteiger partial charge on any atom is -0.299 e. The SMILES string of the molecule is CCC(=O)C1CCCC(C)C1=O. The van der Waals surface area contributed by atoms with Crippen LogP contribution in [0.15, 0.2) is 0 Å². The highest BCUT2D eigenvalue weighted by Crippen LogP contribution is 2.26. The molecular formula is C10H16O2. The lowest BCUT2D eigenvalue weighted by Gasteiger charge is -2.23. The number of hydrogen-bond donors (Lipinski definition) is 0. The summed E-state index contributed by atoms with van der Waals surface area (Å²) in [6, 6.07) is 0. The highest BCUT2D eigenvalue weighted by Gasteiger charge is 2.31. The maximum absolute atomic E-state index is 11.5. The van der Waals surface area contributed by atoms with Gasteiger partial charge in [-0.2, -0.15) is 0 Å². The zero-order valence-corrected chi connectivity index (χ0v) is 7.80. The van der Waals surface area contributed by atoms with E-state index in [1.54, 1.807) is 0 Å². The van der Waals surface area contributed by atoms with E-state index in [9.17, 15) is 9.59 Å². The van der Waals surface area contributed by atoms with Crippen LogP contribution in [-0.4, -0.2) is 11.6 Å². The van der Waals surface area contributed by atoms with Crippen LogP contribution in [0.3, 0.4) is 0 Å². The fourth-order valence-electron chi connectivity index (χ4n) is 1.82. The Morgan fingerprint density at radius 1 is 1.50 bits per heavy atom. The van der Waals surface area contributed by atoms with Crippen LogP contribution < -0.4 is 0 Å².